The Morgan fingerprint density at radius 3 is 2.93 bits per heavy atom. The van der Waals surface area contributed by atoms with Gasteiger partial charge in [0.1, 0.15) is 6.33 Å². The first-order valence-corrected chi connectivity index (χ1v) is 9.01. The van der Waals surface area contributed by atoms with Gasteiger partial charge in [0.05, 0.1) is 32.8 Å². The SMILES string of the molecule is COc1cc([C@H]2CC(=O)Nc3ncnn32)ccc1OCC(=O)N1CCOCC1. The van der Waals surface area contributed by atoms with Crippen LogP contribution in [0.1, 0.15) is 18.0 Å². The second kappa shape index (κ2) is 7.85. The Bertz CT molecular complexity index is 877. The molecule has 2 aromatic rings. The number of benzene rings is 1. The van der Waals surface area contributed by atoms with Gasteiger partial charge in [0, 0.05) is 13.1 Å². The molecular formula is C18H21N5O5. The summed E-state index contributed by atoms with van der Waals surface area (Å²) in [7, 11) is 1.53. The van der Waals surface area contributed by atoms with Gasteiger partial charge in [0.15, 0.2) is 18.1 Å². The number of nitrogens with zero attached hydrogens (tertiary/aromatic N) is 4. The zero-order chi connectivity index (χ0) is 19.5. The van der Waals surface area contributed by atoms with Crippen molar-refractivity contribution in [1.82, 2.24) is 19.7 Å². The van der Waals surface area contributed by atoms with Crippen molar-refractivity contribution >= 4 is 17.8 Å². The van der Waals surface area contributed by atoms with Crippen LogP contribution in [0.4, 0.5) is 5.95 Å². The van der Waals surface area contributed by atoms with Gasteiger partial charge < -0.3 is 19.1 Å². The zero-order valence-corrected chi connectivity index (χ0v) is 15.5. The summed E-state index contributed by atoms with van der Waals surface area (Å²) in [6, 6.07) is 5.09. The van der Waals surface area contributed by atoms with Crippen LogP contribution in [0.25, 0.3) is 0 Å². The smallest absolute Gasteiger partial charge is 0.260 e. The minimum Gasteiger partial charge on any atom is -0.493 e. The topological polar surface area (TPSA) is 108 Å². The molecule has 2 amide bonds. The van der Waals surface area contributed by atoms with Gasteiger partial charge in [-0.25, -0.2) is 4.68 Å². The van der Waals surface area contributed by atoms with Gasteiger partial charge >= 0.3 is 0 Å². The van der Waals surface area contributed by atoms with Gasteiger partial charge in [-0.1, -0.05) is 6.07 Å². The number of aromatic nitrogens is 3. The molecule has 0 radical (unpaired) electrons. The number of amides is 2. The number of carbonyl (C=O) groups is 2. The molecule has 10 heteroatoms. The van der Waals surface area contributed by atoms with E-state index in [9.17, 15) is 9.59 Å². The predicted octanol–water partition coefficient (Wildman–Crippen LogP) is 0.456. The maximum absolute atomic E-state index is 12.3. The molecule has 28 heavy (non-hydrogen) atoms. The molecule has 1 aromatic heterocycles. The Balaban J connectivity index is 1.49. The number of carbonyl (C=O) groups excluding carboxylic acids is 2. The van der Waals surface area contributed by atoms with E-state index in [1.807, 2.05) is 6.07 Å². The van der Waals surface area contributed by atoms with Crippen molar-refractivity contribution in [3.8, 4) is 11.5 Å². The molecule has 0 saturated carbocycles. The lowest BCUT2D eigenvalue weighted by Gasteiger charge is -2.27. The minimum atomic E-state index is -0.288. The fourth-order valence-corrected chi connectivity index (χ4v) is 3.32. The number of fused-ring (bicyclic) bond motifs is 1. The van der Waals surface area contributed by atoms with Crippen LogP contribution in [-0.2, 0) is 14.3 Å². The summed E-state index contributed by atoms with van der Waals surface area (Å²) >= 11 is 0. The largest absolute Gasteiger partial charge is 0.493 e. The molecular weight excluding hydrogens is 366 g/mol. The lowest BCUT2D eigenvalue weighted by atomic mass is 10.0. The lowest BCUT2D eigenvalue weighted by molar-refractivity contribution is -0.137. The number of rotatable bonds is 5. The molecule has 3 heterocycles. The van der Waals surface area contributed by atoms with E-state index in [1.165, 1.54) is 13.4 Å². The van der Waals surface area contributed by atoms with Crippen LogP contribution in [0.3, 0.4) is 0 Å². The van der Waals surface area contributed by atoms with Crippen molar-refractivity contribution in [3.05, 3.63) is 30.1 Å². The zero-order valence-electron chi connectivity index (χ0n) is 15.5. The van der Waals surface area contributed by atoms with Crippen molar-refractivity contribution < 1.29 is 23.8 Å². The molecule has 2 aliphatic heterocycles. The number of hydrogen-bond donors (Lipinski definition) is 1. The van der Waals surface area contributed by atoms with Crippen molar-refractivity contribution in [1.29, 1.82) is 0 Å². The molecule has 1 aromatic carbocycles. The first-order valence-electron chi connectivity index (χ1n) is 9.01. The van der Waals surface area contributed by atoms with Crippen molar-refractivity contribution in [2.24, 2.45) is 0 Å². The third kappa shape index (κ3) is 3.63. The highest BCUT2D eigenvalue weighted by molar-refractivity contribution is 5.91. The summed E-state index contributed by atoms with van der Waals surface area (Å²) in [4.78, 5) is 30.0. The molecule has 0 unspecified atom stereocenters. The molecule has 0 spiro atoms. The number of morpholine rings is 1. The number of hydrogen-bond acceptors (Lipinski definition) is 7. The van der Waals surface area contributed by atoms with Crippen LogP contribution in [-0.4, -0.2) is 71.5 Å². The normalized spacial score (nSPS) is 19.0. The third-order valence-electron chi connectivity index (χ3n) is 4.79. The molecule has 1 N–H and O–H groups in total. The minimum absolute atomic E-state index is 0.0746. The van der Waals surface area contributed by atoms with E-state index in [2.05, 4.69) is 15.4 Å². The quantitative estimate of drug-likeness (QED) is 0.794. The summed E-state index contributed by atoms with van der Waals surface area (Å²) < 4.78 is 18.0. The number of anilines is 1. The molecule has 10 nitrogen and oxygen atoms in total. The monoisotopic (exact) mass is 387 g/mol. The van der Waals surface area contributed by atoms with E-state index in [0.29, 0.717) is 43.8 Å². The molecule has 148 valence electrons. The predicted molar refractivity (Wildman–Crippen MR) is 97.3 cm³/mol. The van der Waals surface area contributed by atoms with Gasteiger partial charge in [0.25, 0.3) is 5.91 Å². The van der Waals surface area contributed by atoms with E-state index in [-0.39, 0.29) is 30.9 Å². The lowest BCUT2D eigenvalue weighted by Crippen LogP contribution is -2.43. The van der Waals surface area contributed by atoms with E-state index in [1.54, 1.807) is 21.7 Å². The number of methoxy groups -OCH3 is 1. The molecule has 2 aliphatic rings. The van der Waals surface area contributed by atoms with Gasteiger partial charge in [-0.05, 0) is 17.7 Å². The molecule has 4 rings (SSSR count). The highest BCUT2D eigenvalue weighted by Crippen LogP contribution is 2.34. The van der Waals surface area contributed by atoms with Crippen molar-refractivity contribution in [2.45, 2.75) is 12.5 Å². The van der Waals surface area contributed by atoms with Crippen LogP contribution >= 0.6 is 0 Å². The summed E-state index contributed by atoms with van der Waals surface area (Å²) in [6.07, 6.45) is 1.65. The van der Waals surface area contributed by atoms with E-state index in [4.69, 9.17) is 14.2 Å². The van der Waals surface area contributed by atoms with E-state index in [0.717, 1.165) is 5.56 Å². The van der Waals surface area contributed by atoms with Crippen LogP contribution in [0.15, 0.2) is 24.5 Å². The average Bonchev–Trinajstić information content (AvgIpc) is 3.20. The fraction of sp³-hybridized carbons (Fsp3) is 0.444. The Morgan fingerprint density at radius 1 is 1.32 bits per heavy atom. The molecule has 0 bridgehead atoms. The molecule has 1 atom stereocenters. The highest BCUT2D eigenvalue weighted by atomic mass is 16.5. The van der Waals surface area contributed by atoms with Crippen LogP contribution in [0.2, 0.25) is 0 Å². The second-order valence-corrected chi connectivity index (χ2v) is 6.49. The third-order valence-corrected chi connectivity index (χ3v) is 4.79. The van der Waals surface area contributed by atoms with Crippen molar-refractivity contribution in [3.63, 3.8) is 0 Å². The Morgan fingerprint density at radius 2 is 2.14 bits per heavy atom. The second-order valence-electron chi connectivity index (χ2n) is 6.49. The van der Waals surface area contributed by atoms with Gasteiger partial charge in [-0.15, -0.1) is 0 Å². The van der Waals surface area contributed by atoms with Gasteiger partial charge in [0.2, 0.25) is 11.9 Å². The Hall–Kier alpha value is -3.14. The molecule has 0 aliphatic carbocycles. The van der Waals surface area contributed by atoms with Crippen LogP contribution in [0, 0.1) is 0 Å². The fourth-order valence-electron chi connectivity index (χ4n) is 3.32. The number of nitrogens with one attached hydrogen (secondary N) is 1. The molecule has 1 fully saturated rings. The van der Waals surface area contributed by atoms with Gasteiger partial charge in [-0.2, -0.15) is 10.1 Å². The Kier molecular flexibility index (Phi) is 5.11. The van der Waals surface area contributed by atoms with Crippen LogP contribution < -0.4 is 14.8 Å². The first kappa shape index (κ1) is 18.2. The first-order chi connectivity index (χ1) is 13.7. The van der Waals surface area contributed by atoms with E-state index >= 15 is 0 Å². The summed E-state index contributed by atoms with van der Waals surface area (Å²) in [5.41, 5.74) is 0.838. The Labute approximate surface area is 161 Å². The standard InChI is InChI=1S/C18H21N5O5/c1-26-15-8-12(13-9-16(24)21-18-19-11-20-23(13)18)2-3-14(15)28-10-17(25)22-4-6-27-7-5-22/h2-3,8,11,13H,4-7,9-10H2,1H3,(H,19,20,21,24)/t13-/m1/s1. The van der Waals surface area contributed by atoms with Crippen LogP contribution in [0.5, 0.6) is 11.5 Å². The van der Waals surface area contributed by atoms with Gasteiger partial charge in [-0.3, -0.25) is 14.9 Å². The number of ether oxygens (including phenoxy) is 3. The average molecular weight is 387 g/mol. The maximum atomic E-state index is 12.3. The maximum Gasteiger partial charge on any atom is 0.260 e. The molecule has 1 saturated heterocycles. The van der Waals surface area contributed by atoms with E-state index < -0.39 is 0 Å². The summed E-state index contributed by atoms with van der Waals surface area (Å²) in [6.45, 7) is 2.16. The highest BCUT2D eigenvalue weighted by Gasteiger charge is 2.28. The van der Waals surface area contributed by atoms with Crippen molar-refractivity contribution in [2.75, 3.05) is 45.3 Å². The summed E-state index contributed by atoms with van der Waals surface area (Å²) in [5, 5.41) is 6.88. The summed E-state index contributed by atoms with van der Waals surface area (Å²) in [5.74, 6) is 1.15.